The van der Waals surface area contributed by atoms with Gasteiger partial charge in [0.05, 0.1) is 13.2 Å². The number of nitrogens with zero attached hydrogens (tertiary/aromatic N) is 2. The highest BCUT2D eigenvalue weighted by molar-refractivity contribution is 5.76. The van der Waals surface area contributed by atoms with E-state index in [1.807, 2.05) is 25.7 Å². The molecule has 1 aromatic rings. The standard InChI is InChI=1S/C16H26N4O3/c1-11(2)10-17-14(21)5-4-13-12(3)18-16(19-15(13)22)20-6-8-23-9-7-20/h11H,4-10H2,1-3H3,(H,17,21)(H,18,19,22). The van der Waals surface area contributed by atoms with Crippen LogP contribution in [-0.2, 0) is 16.0 Å². The topological polar surface area (TPSA) is 87.3 Å². The van der Waals surface area contributed by atoms with Crippen molar-refractivity contribution in [2.45, 2.75) is 33.6 Å². The molecule has 0 unspecified atom stereocenters. The van der Waals surface area contributed by atoms with E-state index in [-0.39, 0.29) is 11.5 Å². The van der Waals surface area contributed by atoms with Crippen LogP contribution in [0.4, 0.5) is 5.95 Å². The van der Waals surface area contributed by atoms with Gasteiger partial charge in [-0.1, -0.05) is 13.8 Å². The number of H-pyrrole nitrogens is 1. The van der Waals surface area contributed by atoms with E-state index in [0.29, 0.717) is 55.7 Å². The number of hydrogen-bond acceptors (Lipinski definition) is 5. The van der Waals surface area contributed by atoms with Crippen molar-refractivity contribution in [1.29, 1.82) is 0 Å². The smallest absolute Gasteiger partial charge is 0.255 e. The van der Waals surface area contributed by atoms with Gasteiger partial charge in [-0.2, -0.15) is 0 Å². The number of ether oxygens (including phenoxy) is 1. The highest BCUT2D eigenvalue weighted by Gasteiger charge is 2.16. The van der Waals surface area contributed by atoms with Gasteiger partial charge in [-0.05, 0) is 19.3 Å². The second kappa shape index (κ2) is 8.10. The lowest BCUT2D eigenvalue weighted by Gasteiger charge is -2.27. The maximum absolute atomic E-state index is 12.3. The van der Waals surface area contributed by atoms with Gasteiger partial charge in [0.1, 0.15) is 0 Å². The normalized spacial score (nSPS) is 15.0. The van der Waals surface area contributed by atoms with Crippen molar-refractivity contribution in [1.82, 2.24) is 15.3 Å². The van der Waals surface area contributed by atoms with Gasteiger partial charge in [0.25, 0.3) is 5.56 Å². The van der Waals surface area contributed by atoms with Crippen LogP contribution >= 0.6 is 0 Å². The SMILES string of the molecule is Cc1nc(N2CCOCC2)[nH]c(=O)c1CCC(=O)NCC(C)C. The Morgan fingerprint density at radius 2 is 2.09 bits per heavy atom. The summed E-state index contributed by atoms with van der Waals surface area (Å²) in [5, 5.41) is 2.86. The zero-order chi connectivity index (χ0) is 16.8. The molecule has 0 bridgehead atoms. The molecule has 1 aliphatic heterocycles. The van der Waals surface area contributed by atoms with Crippen molar-refractivity contribution in [3.8, 4) is 0 Å². The first-order valence-corrected chi connectivity index (χ1v) is 8.16. The highest BCUT2D eigenvalue weighted by Crippen LogP contribution is 2.11. The van der Waals surface area contributed by atoms with E-state index in [0.717, 1.165) is 13.1 Å². The largest absolute Gasteiger partial charge is 0.378 e. The summed E-state index contributed by atoms with van der Waals surface area (Å²) < 4.78 is 5.30. The molecule has 1 fully saturated rings. The second-order valence-electron chi connectivity index (χ2n) is 6.25. The van der Waals surface area contributed by atoms with Crippen molar-refractivity contribution in [3.05, 3.63) is 21.6 Å². The van der Waals surface area contributed by atoms with Crippen LogP contribution in [0.25, 0.3) is 0 Å². The van der Waals surface area contributed by atoms with Crippen molar-refractivity contribution in [2.24, 2.45) is 5.92 Å². The molecule has 1 aromatic heterocycles. The number of morpholine rings is 1. The molecule has 2 N–H and O–H groups in total. The number of anilines is 1. The van der Waals surface area contributed by atoms with Gasteiger partial charge >= 0.3 is 0 Å². The fourth-order valence-electron chi connectivity index (χ4n) is 2.46. The first kappa shape index (κ1) is 17.5. The average molecular weight is 322 g/mol. The molecule has 23 heavy (non-hydrogen) atoms. The Bertz CT molecular complexity index is 591. The molecular formula is C16H26N4O3. The van der Waals surface area contributed by atoms with Crippen molar-refractivity contribution < 1.29 is 9.53 Å². The number of aryl methyl sites for hydroxylation is 1. The maximum atomic E-state index is 12.3. The van der Waals surface area contributed by atoms with Crippen molar-refractivity contribution in [2.75, 3.05) is 37.7 Å². The van der Waals surface area contributed by atoms with Gasteiger partial charge in [0.2, 0.25) is 11.9 Å². The van der Waals surface area contributed by atoms with E-state index in [1.165, 1.54) is 0 Å². The van der Waals surface area contributed by atoms with Gasteiger partial charge in [0.15, 0.2) is 0 Å². The minimum Gasteiger partial charge on any atom is -0.378 e. The number of aromatic amines is 1. The lowest BCUT2D eigenvalue weighted by Crippen LogP contribution is -2.38. The molecule has 2 heterocycles. The van der Waals surface area contributed by atoms with Crippen molar-refractivity contribution >= 4 is 11.9 Å². The molecule has 0 spiro atoms. The second-order valence-corrected chi connectivity index (χ2v) is 6.25. The van der Waals surface area contributed by atoms with Crippen LogP contribution in [0.3, 0.4) is 0 Å². The van der Waals surface area contributed by atoms with E-state index in [9.17, 15) is 9.59 Å². The zero-order valence-electron chi connectivity index (χ0n) is 14.1. The minimum atomic E-state index is -0.157. The lowest BCUT2D eigenvalue weighted by molar-refractivity contribution is -0.121. The fraction of sp³-hybridized carbons (Fsp3) is 0.688. The third-order valence-electron chi connectivity index (χ3n) is 3.83. The van der Waals surface area contributed by atoms with Gasteiger partial charge < -0.3 is 15.0 Å². The summed E-state index contributed by atoms with van der Waals surface area (Å²) in [5.41, 5.74) is 1.12. The van der Waals surface area contributed by atoms with Crippen LogP contribution in [0.5, 0.6) is 0 Å². The quantitative estimate of drug-likeness (QED) is 0.802. The van der Waals surface area contributed by atoms with E-state index in [1.54, 1.807) is 0 Å². The summed E-state index contributed by atoms with van der Waals surface area (Å²) in [7, 11) is 0. The molecule has 0 saturated carbocycles. The number of hydrogen-bond donors (Lipinski definition) is 2. The summed E-state index contributed by atoms with van der Waals surface area (Å²) >= 11 is 0. The zero-order valence-corrected chi connectivity index (χ0v) is 14.1. The Balaban J connectivity index is 2.00. The average Bonchev–Trinajstić information content (AvgIpc) is 2.52. The van der Waals surface area contributed by atoms with Gasteiger partial charge in [-0.3, -0.25) is 14.6 Å². The first-order chi connectivity index (χ1) is 11.0. The summed E-state index contributed by atoms with van der Waals surface area (Å²) in [6.07, 6.45) is 0.705. The molecule has 0 atom stereocenters. The van der Waals surface area contributed by atoms with Gasteiger partial charge in [-0.25, -0.2) is 4.98 Å². The molecular weight excluding hydrogens is 296 g/mol. The molecule has 2 rings (SSSR count). The predicted octanol–water partition coefficient (Wildman–Crippen LogP) is 0.620. The lowest BCUT2D eigenvalue weighted by atomic mass is 10.1. The van der Waals surface area contributed by atoms with E-state index in [4.69, 9.17) is 4.74 Å². The maximum Gasteiger partial charge on any atom is 0.255 e. The number of carbonyl (C=O) groups excluding carboxylic acids is 1. The Morgan fingerprint density at radius 3 is 2.70 bits per heavy atom. The molecule has 0 aromatic carbocycles. The number of aromatic nitrogens is 2. The van der Waals surface area contributed by atoms with Crippen LogP contribution in [0.2, 0.25) is 0 Å². The third-order valence-corrected chi connectivity index (χ3v) is 3.83. The van der Waals surface area contributed by atoms with Crippen LogP contribution in [0.1, 0.15) is 31.5 Å². The fourth-order valence-corrected chi connectivity index (χ4v) is 2.46. The Hall–Kier alpha value is -1.89. The Morgan fingerprint density at radius 1 is 1.39 bits per heavy atom. The molecule has 1 aliphatic rings. The summed E-state index contributed by atoms with van der Waals surface area (Å²) in [6.45, 7) is 9.29. The van der Waals surface area contributed by atoms with Gasteiger partial charge in [0, 0.05) is 37.3 Å². The Kier molecular flexibility index (Phi) is 6.15. The first-order valence-electron chi connectivity index (χ1n) is 8.16. The molecule has 0 radical (unpaired) electrons. The minimum absolute atomic E-state index is 0.0326. The third kappa shape index (κ3) is 5.06. The summed E-state index contributed by atoms with van der Waals surface area (Å²) in [5.74, 6) is 0.970. The molecule has 128 valence electrons. The van der Waals surface area contributed by atoms with Crippen LogP contribution in [0.15, 0.2) is 4.79 Å². The summed E-state index contributed by atoms with van der Waals surface area (Å²) in [6, 6.07) is 0. The molecule has 7 heteroatoms. The molecule has 1 saturated heterocycles. The summed E-state index contributed by atoms with van der Waals surface area (Å²) in [4.78, 5) is 33.4. The molecule has 0 aliphatic carbocycles. The number of carbonyl (C=O) groups is 1. The van der Waals surface area contributed by atoms with E-state index in [2.05, 4.69) is 15.3 Å². The monoisotopic (exact) mass is 322 g/mol. The Labute approximate surface area is 136 Å². The van der Waals surface area contributed by atoms with E-state index < -0.39 is 0 Å². The van der Waals surface area contributed by atoms with Crippen molar-refractivity contribution in [3.63, 3.8) is 0 Å². The van der Waals surface area contributed by atoms with Crippen LogP contribution in [-0.4, -0.2) is 48.7 Å². The predicted molar refractivity (Wildman–Crippen MR) is 88.8 cm³/mol. The van der Waals surface area contributed by atoms with Crippen LogP contribution < -0.4 is 15.8 Å². The van der Waals surface area contributed by atoms with Gasteiger partial charge in [-0.15, -0.1) is 0 Å². The highest BCUT2D eigenvalue weighted by atomic mass is 16.5. The van der Waals surface area contributed by atoms with E-state index >= 15 is 0 Å². The number of rotatable bonds is 6. The molecule has 7 nitrogen and oxygen atoms in total. The number of amides is 1. The molecule has 1 amide bonds. The number of nitrogens with one attached hydrogen (secondary N) is 2. The van der Waals surface area contributed by atoms with Crippen LogP contribution in [0, 0.1) is 12.8 Å².